The van der Waals surface area contributed by atoms with Crippen molar-refractivity contribution in [3.63, 3.8) is 0 Å². The van der Waals surface area contributed by atoms with E-state index in [9.17, 15) is 21.6 Å². The maximum atomic E-state index is 13.5. The third-order valence-corrected chi connectivity index (χ3v) is 3.83. The zero-order chi connectivity index (χ0) is 14.9. The van der Waals surface area contributed by atoms with Crippen molar-refractivity contribution >= 4 is 27.4 Å². The lowest BCUT2D eigenvalue weighted by molar-refractivity contribution is 0.432. The molecule has 4 nitrogen and oxygen atoms in total. The molecule has 0 amide bonds. The lowest BCUT2D eigenvalue weighted by Gasteiger charge is -2.08. The van der Waals surface area contributed by atoms with Gasteiger partial charge in [0.2, 0.25) is 0 Å². The molecule has 1 aromatic heterocycles. The largest absolute Gasteiger partial charge is 0.266 e. The van der Waals surface area contributed by atoms with Crippen LogP contribution in [-0.4, -0.2) is 13.4 Å². The van der Waals surface area contributed by atoms with Crippen LogP contribution in [0.15, 0.2) is 35.2 Å². The minimum atomic E-state index is -4.45. The maximum Gasteiger partial charge on any atom is 0.266 e. The minimum Gasteiger partial charge on any atom is -0.263 e. The maximum absolute atomic E-state index is 13.5. The van der Waals surface area contributed by atoms with Crippen molar-refractivity contribution in [1.29, 1.82) is 0 Å². The Balaban J connectivity index is 2.44. The second-order valence-corrected chi connectivity index (χ2v) is 5.66. The molecule has 1 N–H and O–H groups in total. The van der Waals surface area contributed by atoms with Crippen LogP contribution in [0.4, 0.5) is 19.0 Å². The van der Waals surface area contributed by atoms with Gasteiger partial charge in [0.05, 0.1) is 0 Å². The van der Waals surface area contributed by atoms with Crippen LogP contribution in [0, 0.1) is 17.5 Å². The quantitative estimate of drug-likeness (QED) is 0.698. The molecule has 0 fully saturated rings. The molecule has 0 aliphatic rings. The van der Waals surface area contributed by atoms with Gasteiger partial charge >= 0.3 is 0 Å². The van der Waals surface area contributed by atoms with Crippen molar-refractivity contribution in [3.8, 4) is 0 Å². The van der Waals surface area contributed by atoms with E-state index < -0.39 is 32.4 Å². The molecule has 1 aromatic carbocycles. The predicted octanol–water partition coefficient (Wildman–Crippen LogP) is 2.95. The number of nitrogens with zero attached hydrogens (tertiary/aromatic N) is 1. The first-order valence-corrected chi connectivity index (χ1v) is 6.96. The van der Waals surface area contributed by atoms with E-state index in [0.29, 0.717) is 12.1 Å². The highest BCUT2D eigenvalue weighted by Gasteiger charge is 2.24. The summed E-state index contributed by atoms with van der Waals surface area (Å²) in [5, 5.41) is 0.0101. The number of nitrogens with one attached hydrogen (secondary N) is 1. The fourth-order valence-corrected chi connectivity index (χ4v) is 2.61. The highest BCUT2D eigenvalue weighted by Crippen LogP contribution is 2.22. The van der Waals surface area contributed by atoms with Gasteiger partial charge in [0.25, 0.3) is 10.0 Å². The Morgan fingerprint density at radius 1 is 1.05 bits per heavy atom. The molecule has 2 aromatic rings. The van der Waals surface area contributed by atoms with Gasteiger partial charge in [-0.05, 0) is 24.3 Å². The van der Waals surface area contributed by atoms with E-state index >= 15 is 0 Å². The Morgan fingerprint density at radius 2 is 1.75 bits per heavy atom. The summed E-state index contributed by atoms with van der Waals surface area (Å²) < 4.78 is 64.9. The predicted molar refractivity (Wildman–Crippen MR) is 66.4 cm³/mol. The Labute approximate surface area is 117 Å². The van der Waals surface area contributed by atoms with Crippen LogP contribution in [0.2, 0.25) is 5.15 Å². The van der Waals surface area contributed by atoms with Crippen molar-refractivity contribution in [3.05, 3.63) is 52.9 Å². The average molecular weight is 323 g/mol. The number of rotatable bonds is 3. The molecule has 2 rings (SSSR count). The van der Waals surface area contributed by atoms with Gasteiger partial charge in [-0.25, -0.2) is 26.6 Å². The number of benzene rings is 1. The number of sulfonamides is 1. The van der Waals surface area contributed by atoms with Gasteiger partial charge < -0.3 is 0 Å². The van der Waals surface area contributed by atoms with Gasteiger partial charge in [-0.15, -0.1) is 0 Å². The minimum absolute atomic E-state index is 0.0101. The van der Waals surface area contributed by atoms with Gasteiger partial charge in [-0.3, -0.25) is 4.72 Å². The second-order valence-electron chi connectivity index (χ2n) is 3.62. The topological polar surface area (TPSA) is 59.1 Å². The summed E-state index contributed by atoms with van der Waals surface area (Å²) in [5.41, 5.74) is 0. The Morgan fingerprint density at radius 3 is 2.40 bits per heavy atom. The third-order valence-electron chi connectivity index (χ3n) is 2.24. The molecule has 0 atom stereocenters. The highest BCUT2D eigenvalue weighted by molar-refractivity contribution is 7.92. The number of halogens is 4. The van der Waals surface area contributed by atoms with E-state index in [2.05, 4.69) is 4.98 Å². The van der Waals surface area contributed by atoms with Crippen molar-refractivity contribution in [1.82, 2.24) is 4.98 Å². The van der Waals surface area contributed by atoms with Crippen LogP contribution >= 0.6 is 11.6 Å². The van der Waals surface area contributed by atoms with Crippen LogP contribution in [0.1, 0.15) is 0 Å². The van der Waals surface area contributed by atoms with Gasteiger partial charge in [-0.1, -0.05) is 17.7 Å². The average Bonchev–Trinajstić information content (AvgIpc) is 2.35. The molecule has 0 spiro atoms. The summed E-state index contributed by atoms with van der Waals surface area (Å²) in [6.07, 6.45) is 0. The first kappa shape index (κ1) is 14.6. The summed E-state index contributed by atoms with van der Waals surface area (Å²) in [7, 11) is -4.45. The third kappa shape index (κ3) is 2.86. The molecule has 0 unspecified atom stereocenters. The highest BCUT2D eigenvalue weighted by atomic mass is 35.5. The lowest BCUT2D eigenvalue weighted by atomic mass is 10.3. The number of aromatic nitrogens is 1. The van der Waals surface area contributed by atoms with Gasteiger partial charge in [-0.2, -0.15) is 0 Å². The number of pyridine rings is 1. The van der Waals surface area contributed by atoms with E-state index in [4.69, 9.17) is 11.6 Å². The molecule has 0 aliphatic carbocycles. The summed E-state index contributed by atoms with van der Waals surface area (Å²) in [6.45, 7) is 0. The Kier molecular flexibility index (Phi) is 3.87. The van der Waals surface area contributed by atoms with E-state index in [0.717, 1.165) is 0 Å². The van der Waals surface area contributed by atoms with Gasteiger partial charge in [0.1, 0.15) is 15.9 Å². The number of hydrogen-bond donors (Lipinski definition) is 1. The van der Waals surface area contributed by atoms with Crippen molar-refractivity contribution in [2.24, 2.45) is 0 Å². The molecular weight excluding hydrogens is 317 g/mol. The first-order valence-electron chi connectivity index (χ1n) is 5.10. The van der Waals surface area contributed by atoms with Crippen LogP contribution in [0.25, 0.3) is 0 Å². The van der Waals surface area contributed by atoms with Crippen molar-refractivity contribution < 1.29 is 21.6 Å². The summed E-state index contributed by atoms with van der Waals surface area (Å²) in [5.74, 6) is -5.34. The van der Waals surface area contributed by atoms with Gasteiger partial charge in [0.15, 0.2) is 17.5 Å². The molecule has 0 aliphatic heterocycles. The smallest absolute Gasteiger partial charge is 0.263 e. The first-order chi connectivity index (χ1) is 9.31. The summed E-state index contributed by atoms with van der Waals surface area (Å²) in [4.78, 5) is 2.61. The van der Waals surface area contributed by atoms with Crippen LogP contribution in [0.3, 0.4) is 0 Å². The monoisotopic (exact) mass is 322 g/mol. The van der Waals surface area contributed by atoms with Crippen LogP contribution in [0.5, 0.6) is 0 Å². The zero-order valence-electron chi connectivity index (χ0n) is 9.57. The van der Waals surface area contributed by atoms with Crippen molar-refractivity contribution in [2.75, 3.05) is 4.72 Å². The molecule has 9 heteroatoms. The molecule has 106 valence electrons. The molecule has 20 heavy (non-hydrogen) atoms. The van der Waals surface area contributed by atoms with Crippen LogP contribution < -0.4 is 4.72 Å². The number of hydrogen-bond acceptors (Lipinski definition) is 3. The van der Waals surface area contributed by atoms with E-state index in [1.807, 2.05) is 4.72 Å². The molecule has 1 heterocycles. The molecule has 0 saturated carbocycles. The van der Waals surface area contributed by atoms with Crippen molar-refractivity contribution in [2.45, 2.75) is 4.90 Å². The summed E-state index contributed by atoms with van der Waals surface area (Å²) >= 11 is 5.57. The number of anilines is 1. The van der Waals surface area contributed by atoms with E-state index in [1.165, 1.54) is 18.2 Å². The standard InChI is InChI=1S/C11H6ClF3N2O2S/c12-8-2-1-3-9(16-8)17-20(18,19)7-5-4-6(13)10(14)11(7)15/h1-5H,(H,16,17). The van der Waals surface area contributed by atoms with Gasteiger partial charge in [0, 0.05) is 0 Å². The SMILES string of the molecule is O=S(=O)(Nc1cccc(Cl)n1)c1ccc(F)c(F)c1F. The molecule has 0 radical (unpaired) electrons. The molecule has 0 bridgehead atoms. The van der Waals surface area contributed by atoms with E-state index in [1.54, 1.807) is 0 Å². The lowest BCUT2D eigenvalue weighted by Crippen LogP contribution is -2.16. The summed E-state index contributed by atoms with van der Waals surface area (Å²) in [6, 6.07) is 5.20. The Bertz CT molecular complexity index is 768. The Hall–Kier alpha value is -1.80. The fraction of sp³-hybridized carbons (Fsp3) is 0. The second kappa shape index (κ2) is 5.29. The van der Waals surface area contributed by atoms with E-state index in [-0.39, 0.29) is 11.0 Å². The van der Waals surface area contributed by atoms with Crippen LogP contribution in [-0.2, 0) is 10.0 Å². The normalized spacial score (nSPS) is 11.4. The fourth-order valence-electron chi connectivity index (χ4n) is 1.37. The molecular formula is C11H6ClF3N2O2S. The molecule has 0 saturated heterocycles. The zero-order valence-corrected chi connectivity index (χ0v) is 11.1.